The molecule has 0 aromatic carbocycles. The van der Waals surface area contributed by atoms with E-state index in [2.05, 4.69) is 4.99 Å². The van der Waals surface area contributed by atoms with E-state index < -0.39 is 12.1 Å². The predicted molar refractivity (Wildman–Crippen MR) is 56.0 cm³/mol. The number of nitrogens with two attached hydrogens (primary N) is 2. The third-order valence-corrected chi connectivity index (χ3v) is 0.760. The molecule has 0 heterocycles. The zero-order chi connectivity index (χ0) is 13.8. The van der Waals surface area contributed by atoms with Crippen molar-refractivity contribution in [2.45, 2.75) is 33.4 Å². The number of aliphatic carboxylic acids is 1. The van der Waals surface area contributed by atoms with Gasteiger partial charge < -0.3 is 16.6 Å². The van der Waals surface area contributed by atoms with Crippen molar-refractivity contribution in [3.8, 4) is 0 Å². The molecule has 0 radical (unpaired) electrons. The van der Waals surface area contributed by atoms with Crippen LogP contribution in [0.15, 0.2) is 4.99 Å². The number of rotatable bonds is 2. The van der Waals surface area contributed by atoms with E-state index in [1.165, 1.54) is 0 Å². The van der Waals surface area contributed by atoms with Crippen LogP contribution in [0, 0.1) is 0 Å². The van der Waals surface area contributed by atoms with Gasteiger partial charge in [0.2, 0.25) is 0 Å². The number of aliphatic imine (C=N–C) groups is 1. The van der Waals surface area contributed by atoms with Gasteiger partial charge in [-0.05, 0) is 6.42 Å². The Labute approximate surface area is 92.3 Å². The Morgan fingerprint density at radius 1 is 1.31 bits per heavy atom. The first kappa shape index (κ1) is 20.0. The summed E-state index contributed by atoms with van der Waals surface area (Å²) in [6, 6.07) is 0. The molecule has 16 heavy (non-hydrogen) atoms. The van der Waals surface area contributed by atoms with Crippen molar-refractivity contribution in [3.05, 3.63) is 0 Å². The van der Waals surface area contributed by atoms with Crippen LogP contribution < -0.4 is 11.5 Å². The van der Waals surface area contributed by atoms with Crippen LogP contribution in [0.1, 0.15) is 27.2 Å². The molecule has 5 nitrogen and oxygen atoms in total. The number of carboxylic acid groups (broad SMARTS) is 1. The van der Waals surface area contributed by atoms with Crippen LogP contribution in [-0.4, -0.2) is 29.8 Å². The van der Waals surface area contributed by atoms with Gasteiger partial charge in [0.1, 0.15) is 0 Å². The summed E-state index contributed by atoms with van der Waals surface area (Å²) in [5.41, 5.74) is 10.0. The van der Waals surface area contributed by atoms with Crippen LogP contribution >= 0.6 is 0 Å². The first-order valence-corrected chi connectivity index (χ1v) is 4.57. The lowest BCUT2D eigenvalue weighted by molar-refractivity contribution is -0.192. The van der Waals surface area contributed by atoms with Crippen LogP contribution in [0.3, 0.4) is 0 Å². The van der Waals surface area contributed by atoms with E-state index in [0.29, 0.717) is 0 Å². The largest absolute Gasteiger partial charge is 0.490 e. The fourth-order valence-corrected chi connectivity index (χ4v) is 0.241. The van der Waals surface area contributed by atoms with E-state index in [-0.39, 0.29) is 5.96 Å². The molecule has 0 aliphatic carbocycles. The SMILES string of the molecule is CC.CCCN=C(N)N.O=C(O)C(F)(F)F. The molecular weight excluding hydrogens is 227 g/mol. The van der Waals surface area contributed by atoms with Crippen molar-refractivity contribution in [1.82, 2.24) is 0 Å². The summed E-state index contributed by atoms with van der Waals surface area (Å²) in [6.07, 6.45) is -4.09. The summed E-state index contributed by atoms with van der Waals surface area (Å²) >= 11 is 0. The lowest BCUT2D eigenvalue weighted by Gasteiger charge is -1.93. The van der Waals surface area contributed by atoms with Crippen LogP contribution in [0.25, 0.3) is 0 Å². The number of nitrogens with zero attached hydrogens (tertiary/aromatic N) is 1. The molecule has 0 rings (SSSR count). The van der Waals surface area contributed by atoms with Gasteiger partial charge in [0.05, 0.1) is 0 Å². The number of hydrogen-bond donors (Lipinski definition) is 3. The molecule has 0 aromatic rings. The molecule has 0 unspecified atom stereocenters. The second-order valence-electron chi connectivity index (χ2n) is 2.11. The van der Waals surface area contributed by atoms with Gasteiger partial charge in [-0.25, -0.2) is 4.79 Å². The van der Waals surface area contributed by atoms with Crippen molar-refractivity contribution in [2.24, 2.45) is 16.5 Å². The van der Waals surface area contributed by atoms with E-state index in [1.807, 2.05) is 20.8 Å². The van der Waals surface area contributed by atoms with Gasteiger partial charge in [0.15, 0.2) is 5.96 Å². The Bertz CT molecular complexity index is 201. The summed E-state index contributed by atoms with van der Waals surface area (Å²) in [4.78, 5) is 12.6. The topological polar surface area (TPSA) is 102 Å². The average Bonchev–Trinajstić information content (AvgIpc) is 2.17. The number of alkyl halides is 3. The van der Waals surface area contributed by atoms with E-state index in [0.717, 1.165) is 13.0 Å². The maximum Gasteiger partial charge on any atom is 0.490 e. The van der Waals surface area contributed by atoms with E-state index in [4.69, 9.17) is 21.4 Å². The van der Waals surface area contributed by atoms with Crippen LogP contribution in [0.5, 0.6) is 0 Å². The molecule has 0 fully saturated rings. The van der Waals surface area contributed by atoms with E-state index >= 15 is 0 Å². The van der Waals surface area contributed by atoms with Gasteiger partial charge in [-0.15, -0.1) is 0 Å². The summed E-state index contributed by atoms with van der Waals surface area (Å²) in [6.45, 7) is 6.76. The molecule has 0 bridgehead atoms. The summed E-state index contributed by atoms with van der Waals surface area (Å²) < 4.78 is 31.7. The number of halogens is 3. The zero-order valence-corrected chi connectivity index (χ0v) is 9.51. The number of carboxylic acids is 1. The third-order valence-electron chi connectivity index (χ3n) is 0.760. The van der Waals surface area contributed by atoms with Crippen LogP contribution in [-0.2, 0) is 4.79 Å². The Morgan fingerprint density at radius 2 is 1.62 bits per heavy atom. The third kappa shape index (κ3) is 22.9. The maximum atomic E-state index is 10.6. The number of hydrogen-bond acceptors (Lipinski definition) is 2. The van der Waals surface area contributed by atoms with Crippen molar-refractivity contribution in [1.29, 1.82) is 0 Å². The highest BCUT2D eigenvalue weighted by atomic mass is 19.4. The fourth-order valence-electron chi connectivity index (χ4n) is 0.241. The number of carbonyl (C=O) groups is 1. The van der Waals surface area contributed by atoms with Crippen LogP contribution in [0.4, 0.5) is 13.2 Å². The highest BCUT2D eigenvalue weighted by molar-refractivity contribution is 5.75. The molecule has 0 amide bonds. The Hall–Kier alpha value is -1.47. The highest BCUT2D eigenvalue weighted by Gasteiger charge is 2.38. The standard InChI is InChI=1S/C4H11N3.C2HF3O2.C2H6/c1-2-3-7-4(5)6;3-2(4,5)1(6)7;1-2/h2-3H2,1H3,(H4,5,6,7);(H,6,7);1-2H3. The minimum absolute atomic E-state index is 0.182. The Morgan fingerprint density at radius 3 is 1.69 bits per heavy atom. The quantitative estimate of drug-likeness (QED) is 0.504. The first-order chi connectivity index (χ1) is 7.21. The van der Waals surface area contributed by atoms with E-state index in [1.54, 1.807) is 0 Å². The molecule has 98 valence electrons. The zero-order valence-electron chi connectivity index (χ0n) is 9.51. The summed E-state index contributed by atoms with van der Waals surface area (Å²) in [5, 5.41) is 7.12. The second kappa shape index (κ2) is 11.6. The van der Waals surface area contributed by atoms with Gasteiger partial charge in [0.25, 0.3) is 0 Å². The predicted octanol–water partition coefficient (Wildman–Crippen LogP) is 1.33. The minimum atomic E-state index is -5.08. The van der Waals surface area contributed by atoms with Crippen molar-refractivity contribution >= 4 is 11.9 Å². The molecule has 0 atom stereocenters. The minimum Gasteiger partial charge on any atom is -0.475 e. The smallest absolute Gasteiger partial charge is 0.475 e. The van der Waals surface area contributed by atoms with E-state index in [9.17, 15) is 13.2 Å². The molecule has 0 aliphatic heterocycles. The Kier molecular flexibility index (Phi) is 14.5. The molecular formula is C8H18F3N3O2. The van der Waals surface area contributed by atoms with Gasteiger partial charge in [-0.1, -0.05) is 20.8 Å². The fraction of sp³-hybridized carbons (Fsp3) is 0.750. The first-order valence-electron chi connectivity index (χ1n) is 4.57. The van der Waals surface area contributed by atoms with Crippen molar-refractivity contribution < 1.29 is 23.1 Å². The monoisotopic (exact) mass is 245 g/mol. The second-order valence-corrected chi connectivity index (χ2v) is 2.11. The molecule has 0 aliphatic rings. The van der Waals surface area contributed by atoms with Gasteiger partial charge in [0, 0.05) is 6.54 Å². The normalized spacial score (nSPS) is 8.88. The van der Waals surface area contributed by atoms with Crippen molar-refractivity contribution in [3.63, 3.8) is 0 Å². The summed E-state index contributed by atoms with van der Waals surface area (Å²) in [7, 11) is 0. The van der Waals surface area contributed by atoms with Gasteiger partial charge in [-0.2, -0.15) is 13.2 Å². The molecule has 0 saturated carbocycles. The summed E-state index contributed by atoms with van der Waals surface area (Å²) in [5.74, 6) is -2.57. The lowest BCUT2D eigenvalue weighted by atomic mass is 10.5. The average molecular weight is 245 g/mol. The number of guanidine groups is 1. The van der Waals surface area contributed by atoms with Gasteiger partial charge >= 0.3 is 12.1 Å². The Balaban J connectivity index is -0.000000183. The highest BCUT2D eigenvalue weighted by Crippen LogP contribution is 2.13. The van der Waals surface area contributed by atoms with Crippen molar-refractivity contribution in [2.75, 3.05) is 6.54 Å². The molecule has 5 N–H and O–H groups in total. The molecule has 8 heteroatoms. The van der Waals surface area contributed by atoms with Crippen LogP contribution in [0.2, 0.25) is 0 Å². The molecule has 0 saturated heterocycles. The van der Waals surface area contributed by atoms with Gasteiger partial charge in [-0.3, -0.25) is 4.99 Å². The molecule has 0 spiro atoms. The molecule has 0 aromatic heterocycles. The maximum absolute atomic E-state index is 10.6. The lowest BCUT2D eigenvalue weighted by Crippen LogP contribution is -2.22.